The molecule has 110 valence electrons. The molecule has 1 aromatic heterocycles. The minimum atomic E-state index is -0.310. The van der Waals surface area contributed by atoms with Gasteiger partial charge in [0, 0.05) is 21.7 Å². The molecule has 0 unspecified atom stereocenters. The number of carbonyl (C=O) groups excluding carboxylic acids is 1. The van der Waals surface area contributed by atoms with Crippen molar-refractivity contribution in [1.29, 1.82) is 0 Å². The molecule has 0 aliphatic carbocycles. The van der Waals surface area contributed by atoms with Crippen LogP contribution in [0.4, 0.5) is 5.13 Å². The molecular weight excluding hydrogens is 349 g/mol. The lowest BCUT2D eigenvalue weighted by atomic mass is 10.2. The van der Waals surface area contributed by atoms with Gasteiger partial charge in [0.25, 0.3) is 0 Å². The van der Waals surface area contributed by atoms with Crippen molar-refractivity contribution < 1.29 is 4.79 Å². The Kier molecular flexibility index (Phi) is 6.05. The Morgan fingerprint density at radius 3 is 2.76 bits per heavy atom. The fraction of sp³-hybridized carbons (Fsp3) is 0.154. The van der Waals surface area contributed by atoms with Crippen molar-refractivity contribution in [2.45, 2.75) is 11.3 Å². The maximum atomic E-state index is 11.8. The molecule has 0 atom stereocenters. The van der Waals surface area contributed by atoms with Gasteiger partial charge in [0.05, 0.1) is 0 Å². The first-order valence-corrected chi connectivity index (χ1v) is 8.55. The SMILES string of the molecule is CCSc1nnc(NC(=O)/C=C/c2c(Cl)cccc2Cl)s1. The Hall–Kier alpha value is -1.08. The van der Waals surface area contributed by atoms with Crippen molar-refractivity contribution in [2.75, 3.05) is 11.1 Å². The third kappa shape index (κ3) is 4.71. The van der Waals surface area contributed by atoms with Crippen LogP contribution in [0.1, 0.15) is 12.5 Å². The molecule has 0 spiro atoms. The molecule has 0 fully saturated rings. The number of halogens is 2. The molecule has 0 saturated heterocycles. The van der Waals surface area contributed by atoms with Crippen LogP contribution in [0.2, 0.25) is 10.0 Å². The Morgan fingerprint density at radius 2 is 2.10 bits per heavy atom. The zero-order chi connectivity index (χ0) is 15.2. The number of nitrogens with zero attached hydrogens (tertiary/aromatic N) is 2. The van der Waals surface area contributed by atoms with E-state index in [1.54, 1.807) is 36.0 Å². The lowest BCUT2D eigenvalue weighted by Crippen LogP contribution is -2.07. The maximum absolute atomic E-state index is 11.8. The van der Waals surface area contributed by atoms with E-state index < -0.39 is 0 Å². The van der Waals surface area contributed by atoms with Gasteiger partial charge >= 0.3 is 0 Å². The molecular formula is C13H11Cl2N3OS2. The van der Waals surface area contributed by atoms with Crippen molar-refractivity contribution in [3.05, 3.63) is 39.9 Å². The van der Waals surface area contributed by atoms with Crippen LogP contribution in [0, 0.1) is 0 Å². The molecule has 0 saturated carbocycles. The van der Waals surface area contributed by atoms with Crippen LogP contribution in [-0.4, -0.2) is 21.9 Å². The molecule has 1 N–H and O–H groups in total. The normalized spacial score (nSPS) is 11.0. The summed E-state index contributed by atoms with van der Waals surface area (Å²) in [6.45, 7) is 2.03. The number of hydrogen-bond acceptors (Lipinski definition) is 5. The molecule has 1 aromatic carbocycles. The van der Waals surface area contributed by atoms with Gasteiger partial charge in [0.15, 0.2) is 4.34 Å². The van der Waals surface area contributed by atoms with E-state index in [1.807, 2.05) is 6.92 Å². The van der Waals surface area contributed by atoms with Crippen LogP contribution in [0.3, 0.4) is 0 Å². The number of amides is 1. The zero-order valence-electron chi connectivity index (χ0n) is 11.0. The highest BCUT2D eigenvalue weighted by Gasteiger charge is 2.07. The van der Waals surface area contributed by atoms with Gasteiger partial charge in [-0.05, 0) is 24.0 Å². The number of thioether (sulfide) groups is 1. The van der Waals surface area contributed by atoms with Crippen LogP contribution in [0.25, 0.3) is 6.08 Å². The second-order valence-electron chi connectivity index (χ2n) is 3.76. The minimum Gasteiger partial charge on any atom is -0.297 e. The highest BCUT2D eigenvalue weighted by atomic mass is 35.5. The molecule has 0 aliphatic heterocycles. The lowest BCUT2D eigenvalue weighted by molar-refractivity contribution is -0.111. The Labute approximate surface area is 140 Å². The van der Waals surface area contributed by atoms with Crippen LogP contribution < -0.4 is 5.32 Å². The molecule has 0 bridgehead atoms. The number of aromatic nitrogens is 2. The van der Waals surface area contributed by atoms with Gasteiger partial charge in [-0.15, -0.1) is 10.2 Å². The second kappa shape index (κ2) is 7.79. The molecule has 8 heteroatoms. The van der Waals surface area contributed by atoms with E-state index >= 15 is 0 Å². The summed E-state index contributed by atoms with van der Waals surface area (Å²) in [5, 5.41) is 11.9. The van der Waals surface area contributed by atoms with Crippen molar-refractivity contribution >= 4 is 63.4 Å². The fourth-order valence-electron chi connectivity index (χ4n) is 1.42. The molecule has 1 heterocycles. The summed E-state index contributed by atoms with van der Waals surface area (Å²) >= 11 is 15.0. The Balaban J connectivity index is 2.02. The van der Waals surface area contributed by atoms with Crippen molar-refractivity contribution in [2.24, 2.45) is 0 Å². The summed E-state index contributed by atoms with van der Waals surface area (Å²) in [4.78, 5) is 11.8. The van der Waals surface area contributed by atoms with E-state index in [9.17, 15) is 4.79 Å². The summed E-state index contributed by atoms with van der Waals surface area (Å²) in [6, 6.07) is 5.17. The summed E-state index contributed by atoms with van der Waals surface area (Å²) in [6.07, 6.45) is 2.93. The molecule has 21 heavy (non-hydrogen) atoms. The Bertz CT molecular complexity index is 653. The van der Waals surface area contributed by atoms with Gasteiger partial charge in [0.2, 0.25) is 11.0 Å². The summed E-state index contributed by atoms with van der Waals surface area (Å²) < 4.78 is 0.825. The van der Waals surface area contributed by atoms with E-state index in [0.717, 1.165) is 10.1 Å². The highest BCUT2D eigenvalue weighted by molar-refractivity contribution is 8.01. The number of anilines is 1. The number of rotatable bonds is 5. The van der Waals surface area contributed by atoms with E-state index in [2.05, 4.69) is 15.5 Å². The smallest absolute Gasteiger partial charge is 0.250 e. The largest absolute Gasteiger partial charge is 0.297 e. The number of nitrogens with one attached hydrogen (secondary N) is 1. The minimum absolute atomic E-state index is 0.310. The standard InChI is InChI=1S/C13H11Cl2N3OS2/c1-2-20-13-18-17-12(21-13)16-11(19)7-6-8-9(14)4-3-5-10(8)15/h3-7H,2H2,1H3,(H,16,17,19)/b7-6+. The van der Waals surface area contributed by atoms with Gasteiger partial charge in [-0.2, -0.15) is 0 Å². The van der Waals surface area contributed by atoms with Gasteiger partial charge in [-0.1, -0.05) is 59.3 Å². The molecule has 0 radical (unpaired) electrons. The monoisotopic (exact) mass is 359 g/mol. The molecule has 0 aliphatic rings. The van der Waals surface area contributed by atoms with Crippen LogP contribution in [0.5, 0.6) is 0 Å². The molecule has 1 amide bonds. The lowest BCUT2D eigenvalue weighted by Gasteiger charge is -2.00. The zero-order valence-corrected chi connectivity index (χ0v) is 14.1. The van der Waals surface area contributed by atoms with Gasteiger partial charge in [-0.3, -0.25) is 10.1 Å². The Morgan fingerprint density at radius 1 is 1.38 bits per heavy atom. The quantitative estimate of drug-likeness (QED) is 0.481. The van der Waals surface area contributed by atoms with Crippen LogP contribution >= 0.6 is 46.3 Å². The first-order chi connectivity index (χ1) is 10.1. The third-order valence-corrected chi connectivity index (χ3v) is 4.82. The summed E-state index contributed by atoms with van der Waals surface area (Å²) in [5.41, 5.74) is 0.607. The first-order valence-electron chi connectivity index (χ1n) is 5.99. The molecule has 2 rings (SSSR count). The average molecular weight is 360 g/mol. The highest BCUT2D eigenvalue weighted by Crippen LogP contribution is 2.26. The van der Waals surface area contributed by atoms with E-state index in [1.165, 1.54) is 17.4 Å². The maximum Gasteiger partial charge on any atom is 0.250 e. The first kappa shape index (κ1) is 16.3. The van der Waals surface area contributed by atoms with Crippen LogP contribution in [-0.2, 0) is 4.79 Å². The average Bonchev–Trinajstić information content (AvgIpc) is 2.86. The van der Waals surface area contributed by atoms with E-state index in [0.29, 0.717) is 20.7 Å². The number of carbonyl (C=O) groups is 1. The van der Waals surface area contributed by atoms with Gasteiger partial charge < -0.3 is 0 Å². The molecule has 2 aromatic rings. The summed E-state index contributed by atoms with van der Waals surface area (Å²) in [7, 11) is 0. The van der Waals surface area contributed by atoms with Crippen LogP contribution in [0.15, 0.2) is 28.6 Å². The summed E-state index contributed by atoms with van der Waals surface area (Å²) in [5.74, 6) is 0.600. The number of hydrogen-bond donors (Lipinski definition) is 1. The van der Waals surface area contributed by atoms with E-state index in [-0.39, 0.29) is 5.91 Å². The van der Waals surface area contributed by atoms with Crippen molar-refractivity contribution in [3.63, 3.8) is 0 Å². The second-order valence-corrected chi connectivity index (χ2v) is 7.07. The van der Waals surface area contributed by atoms with Crippen molar-refractivity contribution in [1.82, 2.24) is 10.2 Å². The predicted molar refractivity (Wildman–Crippen MR) is 90.4 cm³/mol. The third-order valence-electron chi connectivity index (χ3n) is 2.31. The molecule has 4 nitrogen and oxygen atoms in total. The van der Waals surface area contributed by atoms with Crippen molar-refractivity contribution in [3.8, 4) is 0 Å². The van der Waals surface area contributed by atoms with E-state index in [4.69, 9.17) is 23.2 Å². The van der Waals surface area contributed by atoms with Gasteiger partial charge in [0.1, 0.15) is 0 Å². The van der Waals surface area contributed by atoms with Gasteiger partial charge in [-0.25, -0.2) is 0 Å². The fourth-order valence-corrected chi connectivity index (χ4v) is 3.59. The predicted octanol–water partition coefficient (Wildman–Crippen LogP) is 4.61. The number of benzene rings is 1. The topological polar surface area (TPSA) is 54.9 Å².